The Bertz CT molecular complexity index is 1640. The van der Waals surface area contributed by atoms with Crippen molar-refractivity contribution in [3.63, 3.8) is 0 Å². The van der Waals surface area contributed by atoms with Crippen molar-refractivity contribution in [2.45, 2.75) is 25.1 Å². The van der Waals surface area contributed by atoms with E-state index in [0.717, 1.165) is 22.8 Å². The van der Waals surface area contributed by atoms with E-state index in [-0.39, 0.29) is 35.0 Å². The summed E-state index contributed by atoms with van der Waals surface area (Å²) in [6.45, 7) is -0.0341. The molecule has 0 unspecified atom stereocenters. The van der Waals surface area contributed by atoms with Gasteiger partial charge in [0.1, 0.15) is 17.2 Å². The van der Waals surface area contributed by atoms with E-state index in [0.29, 0.717) is 22.3 Å². The number of ether oxygens (including phenoxy) is 1. The zero-order valence-electron chi connectivity index (χ0n) is 20.2. The van der Waals surface area contributed by atoms with Crippen molar-refractivity contribution in [1.29, 1.82) is 0 Å². The quantitative estimate of drug-likeness (QED) is 0.311. The Morgan fingerprint density at radius 3 is 2.67 bits per heavy atom. The van der Waals surface area contributed by atoms with Gasteiger partial charge in [0.15, 0.2) is 11.5 Å². The standard InChI is InChI=1S/C26H20ClF2N5O5/c1-39-26(38)13-3-4-15-14(7-13)8-21(35)22(15)33-25(37)20-9-19(32-23-18(29)11-31-34(20)23)24(36)30-10-12-2-5-17(28)16(27)6-12/h2-7,9,11,21-22,35H,8,10H2,1H3,(H,30,36)(H,33,37)/t21-,22+/m0/s1. The summed E-state index contributed by atoms with van der Waals surface area (Å²) in [7, 11) is 1.26. The SMILES string of the molecule is COC(=O)c1ccc2c(c1)C[C@H](O)[C@@H]2NC(=O)c1cc(C(=O)NCc2ccc(F)c(Cl)c2)nc2c(F)cnn12. The number of fused-ring (bicyclic) bond motifs is 2. The first-order valence-electron chi connectivity index (χ1n) is 11.6. The molecule has 0 spiro atoms. The second-order valence-corrected chi connectivity index (χ2v) is 9.22. The molecule has 5 rings (SSSR count). The van der Waals surface area contributed by atoms with Gasteiger partial charge in [-0.15, -0.1) is 0 Å². The highest BCUT2D eigenvalue weighted by Crippen LogP contribution is 2.32. The largest absolute Gasteiger partial charge is 0.465 e. The Hall–Kier alpha value is -4.42. The van der Waals surface area contributed by atoms with Crippen LogP contribution >= 0.6 is 11.6 Å². The Kier molecular flexibility index (Phi) is 6.98. The van der Waals surface area contributed by atoms with Crippen LogP contribution in [0.5, 0.6) is 0 Å². The molecule has 2 amide bonds. The lowest BCUT2D eigenvalue weighted by molar-refractivity contribution is 0.0600. The van der Waals surface area contributed by atoms with Crippen LogP contribution in [0.1, 0.15) is 54.1 Å². The molecule has 2 aromatic carbocycles. The highest BCUT2D eigenvalue weighted by atomic mass is 35.5. The minimum atomic E-state index is -1.01. The summed E-state index contributed by atoms with van der Waals surface area (Å²) in [4.78, 5) is 42.0. The molecule has 0 saturated carbocycles. The Balaban J connectivity index is 1.40. The van der Waals surface area contributed by atoms with Crippen molar-refractivity contribution in [1.82, 2.24) is 25.2 Å². The van der Waals surface area contributed by atoms with Crippen molar-refractivity contribution in [3.05, 3.63) is 99.0 Å². The Labute approximate surface area is 224 Å². The van der Waals surface area contributed by atoms with Gasteiger partial charge >= 0.3 is 5.97 Å². The maximum Gasteiger partial charge on any atom is 0.337 e. The topological polar surface area (TPSA) is 135 Å². The van der Waals surface area contributed by atoms with E-state index in [9.17, 15) is 28.3 Å². The zero-order chi connectivity index (χ0) is 27.8. The number of nitrogens with one attached hydrogen (secondary N) is 2. The minimum Gasteiger partial charge on any atom is -0.465 e. The first kappa shape index (κ1) is 26.2. The maximum absolute atomic E-state index is 14.4. The summed E-state index contributed by atoms with van der Waals surface area (Å²) >= 11 is 5.78. The number of aliphatic hydroxyl groups is 1. The van der Waals surface area contributed by atoms with E-state index >= 15 is 0 Å². The summed E-state index contributed by atoms with van der Waals surface area (Å²) < 4.78 is 33.5. The fourth-order valence-corrected chi connectivity index (χ4v) is 4.61. The summed E-state index contributed by atoms with van der Waals surface area (Å²) in [5.41, 5.74) is 1.23. The summed E-state index contributed by atoms with van der Waals surface area (Å²) in [5.74, 6) is -3.48. The molecule has 200 valence electrons. The van der Waals surface area contributed by atoms with Gasteiger partial charge in [0, 0.05) is 19.0 Å². The van der Waals surface area contributed by atoms with Crippen molar-refractivity contribution in [2.24, 2.45) is 0 Å². The maximum atomic E-state index is 14.4. The number of carbonyl (C=O) groups excluding carboxylic acids is 3. The van der Waals surface area contributed by atoms with Crippen molar-refractivity contribution in [2.75, 3.05) is 7.11 Å². The third kappa shape index (κ3) is 5.03. The molecule has 10 nitrogen and oxygen atoms in total. The first-order valence-corrected chi connectivity index (χ1v) is 12.0. The second kappa shape index (κ2) is 10.4. The number of halogens is 3. The highest BCUT2D eigenvalue weighted by molar-refractivity contribution is 6.30. The van der Waals surface area contributed by atoms with Gasteiger partial charge in [-0.1, -0.05) is 23.7 Å². The van der Waals surface area contributed by atoms with Crippen LogP contribution < -0.4 is 10.6 Å². The van der Waals surface area contributed by atoms with Gasteiger partial charge in [0.2, 0.25) is 0 Å². The molecule has 2 heterocycles. The number of nitrogens with zero attached hydrogens (tertiary/aromatic N) is 3. The van der Waals surface area contributed by atoms with E-state index in [2.05, 4.69) is 20.7 Å². The van der Waals surface area contributed by atoms with Crippen LogP contribution in [0.25, 0.3) is 5.65 Å². The number of esters is 1. The van der Waals surface area contributed by atoms with Crippen molar-refractivity contribution >= 4 is 35.0 Å². The van der Waals surface area contributed by atoms with Gasteiger partial charge in [0.05, 0.1) is 36.0 Å². The fourth-order valence-electron chi connectivity index (χ4n) is 4.41. The number of amides is 2. The number of aliphatic hydroxyl groups excluding tert-OH is 1. The minimum absolute atomic E-state index is 0.0341. The second-order valence-electron chi connectivity index (χ2n) is 8.81. The first-order chi connectivity index (χ1) is 18.7. The number of benzene rings is 2. The number of rotatable bonds is 6. The molecule has 4 aromatic rings. The van der Waals surface area contributed by atoms with Gasteiger partial charge in [0.25, 0.3) is 11.8 Å². The van der Waals surface area contributed by atoms with E-state index < -0.39 is 41.6 Å². The normalized spacial score (nSPS) is 16.1. The molecule has 2 atom stereocenters. The van der Waals surface area contributed by atoms with Gasteiger partial charge in [-0.05, 0) is 41.0 Å². The molecule has 3 N–H and O–H groups in total. The molecule has 0 fully saturated rings. The average molecular weight is 556 g/mol. The van der Waals surface area contributed by atoms with Gasteiger partial charge < -0.3 is 20.5 Å². The molecule has 13 heteroatoms. The molecule has 1 aliphatic rings. The average Bonchev–Trinajstić information content (AvgIpc) is 3.46. The molecule has 0 radical (unpaired) electrons. The van der Waals surface area contributed by atoms with Crippen molar-refractivity contribution < 1.29 is 33.0 Å². The van der Waals surface area contributed by atoms with Crippen LogP contribution in [0.3, 0.4) is 0 Å². The third-order valence-electron chi connectivity index (χ3n) is 6.33. The van der Waals surface area contributed by atoms with Crippen LogP contribution in [0, 0.1) is 11.6 Å². The highest BCUT2D eigenvalue weighted by Gasteiger charge is 2.34. The number of carbonyl (C=O) groups is 3. The predicted octanol–water partition coefficient (Wildman–Crippen LogP) is 2.77. The monoisotopic (exact) mass is 555 g/mol. The molecule has 39 heavy (non-hydrogen) atoms. The third-order valence-corrected chi connectivity index (χ3v) is 6.62. The number of hydrogen-bond acceptors (Lipinski definition) is 7. The summed E-state index contributed by atoms with van der Waals surface area (Å²) in [6, 6.07) is 8.96. The van der Waals surface area contributed by atoms with Crippen LogP contribution in [0.4, 0.5) is 8.78 Å². The molecule has 2 aromatic heterocycles. The van der Waals surface area contributed by atoms with E-state index in [1.165, 1.54) is 25.3 Å². The summed E-state index contributed by atoms with van der Waals surface area (Å²) in [5, 5.41) is 19.7. The number of hydrogen-bond donors (Lipinski definition) is 3. The fraction of sp³-hybridized carbons (Fsp3) is 0.192. The summed E-state index contributed by atoms with van der Waals surface area (Å²) in [6.07, 6.45) is 0.0257. The Morgan fingerprint density at radius 2 is 1.92 bits per heavy atom. The van der Waals surface area contributed by atoms with Gasteiger partial charge in [-0.2, -0.15) is 5.10 Å². The predicted molar refractivity (Wildman–Crippen MR) is 133 cm³/mol. The van der Waals surface area contributed by atoms with E-state index in [4.69, 9.17) is 16.3 Å². The molecule has 1 aliphatic carbocycles. The van der Waals surface area contributed by atoms with E-state index in [1.807, 2.05) is 0 Å². The zero-order valence-corrected chi connectivity index (χ0v) is 21.0. The lowest BCUT2D eigenvalue weighted by Crippen LogP contribution is -2.35. The molecule has 0 saturated heterocycles. The van der Waals surface area contributed by atoms with Crippen LogP contribution in [-0.2, 0) is 17.7 Å². The molecule has 0 aliphatic heterocycles. The number of aromatic nitrogens is 3. The molecular weight excluding hydrogens is 536 g/mol. The smallest absolute Gasteiger partial charge is 0.337 e. The lowest BCUT2D eigenvalue weighted by atomic mass is 10.0. The van der Waals surface area contributed by atoms with Crippen LogP contribution in [0.2, 0.25) is 5.02 Å². The van der Waals surface area contributed by atoms with Gasteiger partial charge in [-0.25, -0.2) is 23.1 Å². The number of methoxy groups -OCH3 is 1. The lowest BCUT2D eigenvalue weighted by Gasteiger charge is -2.18. The van der Waals surface area contributed by atoms with Crippen molar-refractivity contribution in [3.8, 4) is 0 Å². The Morgan fingerprint density at radius 1 is 1.13 bits per heavy atom. The molecule has 0 bridgehead atoms. The molecular formula is C26H20ClF2N5O5. The van der Waals surface area contributed by atoms with E-state index in [1.54, 1.807) is 12.1 Å². The van der Waals surface area contributed by atoms with Crippen LogP contribution in [0.15, 0.2) is 48.7 Å². The van der Waals surface area contributed by atoms with Gasteiger partial charge in [-0.3, -0.25) is 9.59 Å². The van der Waals surface area contributed by atoms with Crippen LogP contribution in [-0.4, -0.2) is 50.7 Å².